The molecule has 3 saturated carbocycles. The third-order valence-corrected chi connectivity index (χ3v) is 4.11. The van der Waals surface area contributed by atoms with Crippen LogP contribution < -0.4 is 0 Å². The molecule has 1 nitrogen and oxygen atoms in total. The highest BCUT2D eigenvalue weighted by Gasteiger charge is 2.54. The Morgan fingerprint density at radius 2 is 1.86 bits per heavy atom. The SMILES string of the molecule is OC1(c2ccc(Cl)cc2)CC2CC1C2. The van der Waals surface area contributed by atoms with Gasteiger partial charge >= 0.3 is 0 Å². The van der Waals surface area contributed by atoms with Crippen molar-refractivity contribution in [2.75, 3.05) is 0 Å². The van der Waals surface area contributed by atoms with Crippen molar-refractivity contribution < 1.29 is 5.11 Å². The molecular formula is C12H13ClO. The van der Waals surface area contributed by atoms with Gasteiger partial charge in [0.15, 0.2) is 0 Å². The molecule has 2 bridgehead atoms. The Morgan fingerprint density at radius 1 is 1.21 bits per heavy atom. The lowest BCUT2D eigenvalue weighted by Gasteiger charge is -2.30. The fourth-order valence-electron chi connectivity index (χ4n) is 2.99. The molecule has 0 aliphatic heterocycles. The molecule has 2 heteroatoms. The highest BCUT2D eigenvalue weighted by molar-refractivity contribution is 6.30. The highest BCUT2D eigenvalue weighted by Crippen LogP contribution is 2.59. The van der Waals surface area contributed by atoms with Gasteiger partial charge in [0.05, 0.1) is 5.60 Å². The summed E-state index contributed by atoms with van der Waals surface area (Å²) in [6.07, 6.45) is 3.36. The van der Waals surface area contributed by atoms with Crippen molar-refractivity contribution >= 4 is 11.6 Å². The molecule has 0 radical (unpaired) electrons. The normalized spacial score (nSPS) is 39.6. The van der Waals surface area contributed by atoms with E-state index in [0.29, 0.717) is 5.92 Å². The Hall–Kier alpha value is -0.530. The van der Waals surface area contributed by atoms with E-state index >= 15 is 0 Å². The topological polar surface area (TPSA) is 20.2 Å². The van der Waals surface area contributed by atoms with Gasteiger partial charge in [0.1, 0.15) is 0 Å². The summed E-state index contributed by atoms with van der Waals surface area (Å²) in [7, 11) is 0. The lowest BCUT2D eigenvalue weighted by molar-refractivity contribution is 0.00599. The Morgan fingerprint density at radius 3 is 2.36 bits per heavy atom. The van der Waals surface area contributed by atoms with Gasteiger partial charge < -0.3 is 5.11 Å². The van der Waals surface area contributed by atoms with Gasteiger partial charge in [0.25, 0.3) is 0 Å². The zero-order valence-electron chi connectivity index (χ0n) is 7.91. The van der Waals surface area contributed by atoms with Gasteiger partial charge in [0.2, 0.25) is 0 Å². The standard InChI is InChI=1S/C12H13ClO/c13-11-3-1-9(2-4-11)12(14)7-8-5-10(12)6-8/h1-4,8,10,14H,5-7H2. The fraction of sp³-hybridized carbons (Fsp3) is 0.500. The van der Waals surface area contributed by atoms with E-state index in [1.807, 2.05) is 24.3 Å². The molecule has 14 heavy (non-hydrogen) atoms. The van der Waals surface area contributed by atoms with Gasteiger partial charge in [-0.15, -0.1) is 0 Å². The quantitative estimate of drug-likeness (QED) is 0.753. The molecule has 0 spiro atoms. The van der Waals surface area contributed by atoms with Crippen LogP contribution in [-0.2, 0) is 5.60 Å². The van der Waals surface area contributed by atoms with Gasteiger partial charge in [-0.2, -0.15) is 0 Å². The number of halogens is 1. The summed E-state index contributed by atoms with van der Waals surface area (Å²) in [6.45, 7) is 0. The molecule has 1 N–H and O–H groups in total. The summed E-state index contributed by atoms with van der Waals surface area (Å²) < 4.78 is 0. The minimum Gasteiger partial charge on any atom is -0.385 e. The van der Waals surface area contributed by atoms with E-state index < -0.39 is 5.60 Å². The third-order valence-electron chi connectivity index (χ3n) is 3.86. The van der Waals surface area contributed by atoms with E-state index in [9.17, 15) is 5.11 Å². The van der Waals surface area contributed by atoms with Crippen LogP contribution in [0.15, 0.2) is 24.3 Å². The number of benzene rings is 1. The number of aliphatic hydroxyl groups is 1. The van der Waals surface area contributed by atoms with E-state index in [1.165, 1.54) is 12.8 Å². The monoisotopic (exact) mass is 208 g/mol. The van der Waals surface area contributed by atoms with Crippen LogP contribution >= 0.6 is 11.6 Å². The molecule has 0 amide bonds. The number of rotatable bonds is 1. The Balaban J connectivity index is 1.98. The molecular weight excluding hydrogens is 196 g/mol. The van der Waals surface area contributed by atoms with E-state index in [2.05, 4.69) is 0 Å². The van der Waals surface area contributed by atoms with Gasteiger partial charge in [-0.05, 0) is 48.8 Å². The second kappa shape index (κ2) is 2.74. The van der Waals surface area contributed by atoms with E-state index in [0.717, 1.165) is 22.9 Å². The fourth-order valence-corrected chi connectivity index (χ4v) is 3.12. The van der Waals surface area contributed by atoms with Crippen molar-refractivity contribution in [2.24, 2.45) is 11.8 Å². The maximum atomic E-state index is 10.5. The molecule has 1 unspecified atom stereocenters. The van der Waals surface area contributed by atoms with Crippen molar-refractivity contribution in [2.45, 2.75) is 24.9 Å². The zero-order valence-corrected chi connectivity index (χ0v) is 8.67. The van der Waals surface area contributed by atoms with Crippen LogP contribution in [0.4, 0.5) is 0 Å². The first-order chi connectivity index (χ1) is 6.68. The Bertz CT molecular complexity index is 353. The van der Waals surface area contributed by atoms with Crippen molar-refractivity contribution in [3.8, 4) is 0 Å². The number of hydrogen-bond acceptors (Lipinski definition) is 1. The van der Waals surface area contributed by atoms with Gasteiger partial charge in [0, 0.05) is 5.02 Å². The molecule has 3 aliphatic carbocycles. The lowest BCUT2D eigenvalue weighted by Crippen LogP contribution is -2.29. The van der Waals surface area contributed by atoms with Crippen LogP contribution in [0.3, 0.4) is 0 Å². The van der Waals surface area contributed by atoms with E-state index in [1.54, 1.807) is 0 Å². The maximum absolute atomic E-state index is 10.5. The van der Waals surface area contributed by atoms with Crippen LogP contribution in [-0.4, -0.2) is 5.11 Å². The predicted molar refractivity (Wildman–Crippen MR) is 56.2 cm³/mol. The van der Waals surface area contributed by atoms with Gasteiger partial charge in [-0.25, -0.2) is 0 Å². The molecule has 0 saturated heterocycles. The average Bonchev–Trinajstić information content (AvgIpc) is 2.58. The summed E-state index contributed by atoms with van der Waals surface area (Å²) in [5.41, 5.74) is 0.502. The summed E-state index contributed by atoms with van der Waals surface area (Å²) in [4.78, 5) is 0. The van der Waals surface area contributed by atoms with Crippen LogP contribution in [0.2, 0.25) is 5.02 Å². The summed E-state index contributed by atoms with van der Waals surface area (Å²) in [5.74, 6) is 1.26. The summed E-state index contributed by atoms with van der Waals surface area (Å²) in [5, 5.41) is 11.3. The van der Waals surface area contributed by atoms with Crippen molar-refractivity contribution in [3.63, 3.8) is 0 Å². The van der Waals surface area contributed by atoms with Gasteiger partial charge in [-0.1, -0.05) is 23.7 Å². The smallest absolute Gasteiger partial charge is 0.0927 e. The second-order valence-corrected chi connectivity index (χ2v) is 5.11. The molecule has 1 aromatic rings. The Labute approximate surface area is 88.7 Å². The summed E-state index contributed by atoms with van der Waals surface area (Å²) >= 11 is 5.83. The molecule has 0 heterocycles. The maximum Gasteiger partial charge on any atom is 0.0927 e. The molecule has 1 aromatic carbocycles. The predicted octanol–water partition coefficient (Wildman–Crippen LogP) is 2.96. The van der Waals surface area contributed by atoms with Crippen LogP contribution in [0, 0.1) is 11.8 Å². The molecule has 4 rings (SSSR count). The first kappa shape index (κ1) is 8.75. The minimum absolute atomic E-state index is 0.494. The third kappa shape index (κ3) is 1.06. The largest absolute Gasteiger partial charge is 0.385 e. The summed E-state index contributed by atoms with van der Waals surface area (Å²) in [6, 6.07) is 7.65. The van der Waals surface area contributed by atoms with Gasteiger partial charge in [-0.3, -0.25) is 0 Å². The van der Waals surface area contributed by atoms with E-state index in [-0.39, 0.29) is 0 Å². The lowest BCUT2D eigenvalue weighted by atomic mass is 9.79. The second-order valence-electron chi connectivity index (χ2n) is 4.67. The van der Waals surface area contributed by atoms with Crippen molar-refractivity contribution in [3.05, 3.63) is 34.9 Å². The average molecular weight is 209 g/mol. The van der Waals surface area contributed by atoms with E-state index in [4.69, 9.17) is 11.6 Å². The van der Waals surface area contributed by atoms with Crippen molar-refractivity contribution in [1.29, 1.82) is 0 Å². The first-order valence-corrected chi connectivity index (χ1v) is 5.55. The van der Waals surface area contributed by atoms with Crippen molar-refractivity contribution in [1.82, 2.24) is 0 Å². The minimum atomic E-state index is -0.546. The number of fused-ring (bicyclic) bond motifs is 1. The Kier molecular flexibility index (Phi) is 1.71. The molecule has 3 fully saturated rings. The molecule has 3 aliphatic rings. The molecule has 74 valence electrons. The highest BCUT2D eigenvalue weighted by atomic mass is 35.5. The zero-order chi connectivity index (χ0) is 9.76. The van der Waals surface area contributed by atoms with Crippen LogP contribution in [0.5, 0.6) is 0 Å². The molecule has 0 aromatic heterocycles. The van der Waals surface area contributed by atoms with Crippen LogP contribution in [0.25, 0.3) is 0 Å². The molecule has 1 atom stereocenters. The first-order valence-electron chi connectivity index (χ1n) is 5.17. The number of hydrogen-bond donors (Lipinski definition) is 1. The van der Waals surface area contributed by atoms with Crippen LogP contribution in [0.1, 0.15) is 24.8 Å².